The van der Waals surface area contributed by atoms with Crippen molar-refractivity contribution in [2.24, 2.45) is 4.99 Å². The summed E-state index contributed by atoms with van der Waals surface area (Å²) in [4.78, 5) is 26.7. The maximum absolute atomic E-state index is 10.8. The van der Waals surface area contributed by atoms with Crippen LogP contribution in [-0.4, -0.2) is 17.8 Å². The molecule has 7 heteroatoms. The van der Waals surface area contributed by atoms with Gasteiger partial charge in [0.2, 0.25) is 5.96 Å². The Bertz CT molecular complexity index is 436. The molecular weight excluding hydrogens is 282 g/mol. The van der Waals surface area contributed by atoms with E-state index in [1.54, 1.807) is 11.3 Å². The topological polar surface area (TPSA) is 70.6 Å². The smallest absolute Gasteiger partial charge is 0.288 e. The zero-order chi connectivity index (χ0) is 10.8. The number of carbonyl (C=O) groups excluding carboxylic acids is 2. The fourth-order valence-electron chi connectivity index (χ4n) is 1.03. The van der Waals surface area contributed by atoms with Crippen molar-refractivity contribution in [2.45, 2.75) is 6.54 Å². The van der Waals surface area contributed by atoms with E-state index in [1.165, 1.54) is 0 Å². The fourth-order valence-corrected chi connectivity index (χ4v) is 2.41. The van der Waals surface area contributed by atoms with Crippen molar-refractivity contribution >= 4 is 45.0 Å². The van der Waals surface area contributed by atoms with Crippen molar-refractivity contribution in [3.05, 3.63) is 20.8 Å². The normalized spacial score (nSPS) is 15.1. The standard InChI is InChI=1S/C8H6BrN3O2S/c9-4-1-5(15-3-4)2-10-8-11-6(13)7(14)12-8/h1,3H,2H2,(H2,10,11,12,13,14). The molecule has 0 spiro atoms. The Morgan fingerprint density at radius 2 is 2.00 bits per heavy atom. The van der Waals surface area contributed by atoms with Crippen LogP contribution in [0.2, 0.25) is 0 Å². The molecule has 78 valence electrons. The highest BCUT2D eigenvalue weighted by Gasteiger charge is 2.24. The molecule has 1 aromatic heterocycles. The van der Waals surface area contributed by atoms with Gasteiger partial charge >= 0.3 is 11.8 Å². The number of hydrogen-bond donors (Lipinski definition) is 2. The van der Waals surface area contributed by atoms with Crippen molar-refractivity contribution in [3.63, 3.8) is 0 Å². The molecule has 2 heterocycles. The van der Waals surface area contributed by atoms with Crippen LogP contribution in [0.5, 0.6) is 0 Å². The number of carbonyl (C=O) groups is 2. The van der Waals surface area contributed by atoms with Crippen LogP contribution in [0, 0.1) is 0 Å². The van der Waals surface area contributed by atoms with Crippen LogP contribution in [0.15, 0.2) is 20.9 Å². The third-order valence-electron chi connectivity index (χ3n) is 1.68. The molecule has 1 aromatic rings. The van der Waals surface area contributed by atoms with Gasteiger partial charge in [-0.2, -0.15) is 0 Å². The maximum Gasteiger partial charge on any atom is 0.316 e. The molecule has 1 aliphatic heterocycles. The van der Waals surface area contributed by atoms with Gasteiger partial charge in [-0.05, 0) is 22.0 Å². The summed E-state index contributed by atoms with van der Waals surface area (Å²) in [6, 6.07) is 1.94. The number of guanidine groups is 1. The van der Waals surface area contributed by atoms with Crippen molar-refractivity contribution in [1.82, 2.24) is 10.6 Å². The summed E-state index contributed by atoms with van der Waals surface area (Å²) in [6.45, 7) is 0.437. The highest BCUT2D eigenvalue weighted by atomic mass is 79.9. The van der Waals surface area contributed by atoms with Gasteiger partial charge in [-0.25, -0.2) is 4.99 Å². The lowest BCUT2D eigenvalue weighted by Gasteiger charge is -1.94. The molecule has 0 aliphatic carbocycles. The summed E-state index contributed by atoms with van der Waals surface area (Å²) in [5.41, 5.74) is 0. The minimum Gasteiger partial charge on any atom is -0.288 e. The number of nitrogens with zero attached hydrogens (tertiary/aromatic N) is 1. The van der Waals surface area contributed by atoms with Gasteiger partial charge < -0.3 is 0 Å². The Hall–Kier alpha value is -1.21. The number of rotatable bonds is 2. The van der Waals surface area contributed by atoms with Crippen LogP contribution in [0.25, 0.3) is 0 Å². The maximum atomic E-state index is 10.8. The minimum absolute atomic E-state index is 0.217. The van der Waals surface area contributed by atoms with Gasteiger partial charge in [-0.1, -0.05) is 0 Å². The van der Waals surface area contributed by atoms with Crippen molar-refractivity contribution < 1.29 is 9.59 Å². The van der Waals surface area contributed by atoms with Crippen LogP contribution >= 0.6 is 27.3 Å². The molecule has 1 aliphatic rings. The van der Waals surface area contributed by atoms with Gasteiger partial charge in [-0.3, -0.25) is 20.2 Å². The van der Waals surface area contributed by atoms with E-state index in [-0.39, 0.29) is 5.96 Å². The molecule has 15 heavy (non-hydrogen) atoms. The first kappa shape index (κ1) is 10.3. The van der Waals surface area contributed by atoms with E-state index >= 15 is 0 Å². The number of thiophene rings is 1. The Balaban J connectivity index is 2.01. The highest BCUT2D eigenvalue weighted by Crippen LogP contribution is 2.20. The molecule has 5 nitrogen and oxygen atoms in total. The first-order valence-corrected chi connectivity index (χ1v) is 5.72. The van der Waals surface area contributed by atoms with E-state index in [2.05, 4.69) is 31.6 Å². The Labute approximate surface area is 97.7 Å². The van der Waals surface area contributed by atoms with Gasteiger partial charge in [0.1, 0.15) is 0 Å². The zero-order valence-corrected chi connectivity index (χ0v) is 9.81. The quantitative estimate of drug-likeness (QED) is 0.783. The fraction of sp³-hybridized carbons (Fsp3) is 0.125. The molecule has 0 aromatic carbocycles. The third-order valence-corrected chi connectivity index (χ3v) is 3.37. The minimum atomic E-state index is -0.666. The molecule has 1 saturated heterocycles. The second kappa shape index (κ2) is 4.11. The van der Waals surface area contributed by atoms with E-state index in [0.717, 1.165) is 9.35 Å². The number of amides is 2. The molecule has 0 unspecified atom stereocenters. The van der Waals surface area contributed by atoms with Gasteiger partial charge in [0, 0.05) is 14.7 Å². The van der Waals surface area contributed by atoms with Crippen LogP contribution < -0.4 is 10.6 Å². The summed E-state index contributed by atoms with van der Waals surface area (Å²) in [7, 11) is 0. The number of aliphatic imine (C=N–C) groups is 1. The van der Waals surface area contributed by atoms with E-state index < -0.39 is 11.8 Å². The average Bonchev–Trinajstić information content (AvgIpc) is 2.72. The molecular formula is C8H6BrN3O2S. The lowest BCUT2D eigenvalue weighted by molar-refractivity contribution is -0.135. The lowest BCUT2D eigenvalue weighted by Crippen LogP contribution is -2.25. The van der Waals surface area contributed by atoms with E-state index in [4.69, 9.17) is 0 Å². The zero-order valence-electron chi connectivity index (χ0n) is 7.41. The molecule has 0 atom stereocenters. The SMILES string of the molecule is O=C1NC(=NCc2cc(Br)cs2)NC1=O. The second-order valence-electron chi connectivity index (χ2n) is 2.80. The lowest BCUT2D eigenvalue weighted by atomic mass is 10.5. The molecule has 2 amide bonds. The third kappa shape index (κ3) is 2.42. The monoisotopic (exact) mass is 287 g/mol. The van der Waals surface area contributed by atoms with Gasteiger partial charge in [0.05, 0.1) is 6.54 Å². The molecule has 0 radical (unpaired) electrons. The molecule has 2 rings (SSSR count). The molecule has 2 N–H and O–H groups in total. The highest BCUT2D eigenvalue weighted by molar-refractivity contribution is 9.10. The largest absolute Gasteiger partial charge is 0.316 e. The van der Waals surface area contributed by atoms with Crippen LogP contribution in [0.4, 0.5) is 0 Å². The first-order chi connectivity index (χ1) is 7.15. The van der Waals surface area contributed by atoms with Crippen molar-refractivity contribution in [2.75, 3.05) is 0 Å². The van der Waals surface area contributed by atoms with Crippen LogP contribution in [0.1, 0.15) is 4.88 Å². The van der Waals surface area contributed by atoms with Gasteiger partial charge in [0.15, 0.2) is 0 Å². The van der Waals surface area contributed by atoms with Gasteiger partial charge in [0.25, 0.3) is 0 Å². The molecule has 0 saturated carbocycles. The summed E-state index contributed by atoms with van der Waals surface area (Å²) >= 11 is 4.88. The van der Waals surface area contributed by atoms with Crippen LogP contribution in [0.3, 0.4) is 0 Å². The van der Waals surface area contributed by atoms with Crippen LogP contribution in [-0.2, 0) is 16.1 Å². The Morgan fingerprint density at radius 1 is 1.33 bits per heavy atom. The predicted molar refractivity (Wildman–Crippen MR) is 59.4 cm³/mol. The number of hydrogen-bond acceptors (Lipinski definition) is 4. The van der Waals surface area contributed by atoms with E-state index in [9.17, 15) is 9.59 Å². The predicted octanol–water partition coefficient (Wildman–Crippen LogP) is 0.613. The van der Waals surface area contributed by atoms with E-state index in [1.807, 2.05) is 11.4 Å². The molecule has 0 bridgehead atoms. The second-order valence-corrected chi connectivity index (χ2v) is 4.72. The molecule has 1 fully saturated rings. The average molecular weight is 288 g/mol. The Kier molecular flexibility index (Phi) is 2.83. The summed E-state index contributed by atoms with van der Waals surface area (Å²) in [6.07, 6.45) is 0. The van der Waals surface area contributed by atoms with Crippen molar-refractivity contribution in [3.8, 4) is 0 Å². The summed E-state index contributed by atoms with van der Waals surface area (Å²) in [5.74, 6) is -1.11. The first-order valence-electron chi connectivity index (χ1n) is 4.05. The summed E-state index contributed by atoms with van der Waals surface area (Å²) < 4.78 is 1.00. The van der Waals surface area contributed by atoms with Gasteiger partial charge in [-0.15, -0.1) is 11.3 Å². The number of halogens is 1. The summed E-state index contributed by atoms with van der Waals surface area (Å²) in [5, 5.41) is 6.59. The number of nitrogens with one attached hydrogen (secondary N) is 2. The van der Waals surface area contributed by atoms with E-state index in [0.29, 0.717) is 6.54 Å². The van der Waals surface area contributed by atoms with Crippen molar-refractivity contribution in [1.29, 1.82) is 0 Å². The Morgan fingerprint density at radius 3 is 2.53 bits per heavy atom.